The molecule has 1 aliphatic rings. The van der Waals surface area contributed by atoms with Gasteiger partial charge in [-0.25, -0.2) is 0 Å². The topological polar surface area (TPSA) is 41.6 Å². The number of carbonyl (C=O) groups is 1. The SMILES string of the molecule is CCC(C)(OC)C(=O)N1CCNCC1C. The highest BCUT2D eigenvalue weighted by Gasteiger charge is 2.37. The van der Waals surface area contributed by atoms with Gasteiger partial charge in [-0.1, -0.05) is 6.92 Å². The summed E-state index contributed by atoms with van der Waals surface area (Å²) in [6.07, 6.45) is 0.707. The fraction of sp³-hybridized carbons (Fsp3) is 0.909. The highest BCUT2D eigenvalue weighted by Crippen LogP contribution is 2.19. The monoisotopic (exact) mass is 214 g/mol. The Morgan fingerprint density at radius 3 is 2.80 bits per heavy atom. The van der Waals surface area contributed by atoms with Crippen LogP contribution < -0.4 is 5.32 Å². The van der Waals surface area contributed by atoms with E-state index >= 15 is 0 Å². The Bertz CT molecular complexity index is 227. The molecule has 88 valence electrons. The molecule has 0 bridgehead atoms. The van der Waals surface area contributed by atoms with Gasteiger partial charge in [0, 0.05) is 32.8 Å². The van der Waals surface area contributed by atoms with E-state index in [1.54, 1.807) is 7.11 Å². The predicted octanol–water partition coefficient (Wildman–Crippen LogP) is 0.622. The minimum absolute atomic E-state index is 0.113. The fourth-order valence-electron chi connectivity index (χ4n) is 1.83. The highest BCUT2D eigenvalue weighted by molar-refractivity contribution is 5.85. The van der Waals surface area contributed by atoms with Gasteiger partial charge in [-0.15, -0.1) is 0 Å². The van der Waals surface area contributed by atoms with E-state index in [2.05, 4.69) is 12.2 Å². The number of piperazine rings is 1. The molecule has 1 N–H and O–H groups in total. The summed E-state index contributed by atoms with van der Waals surface area (Å²) >= 11 is 0. The molecule has 0 aliphatic carbocycles. The van der Waals surface area contributed by atoms with Gasteiger partial charge in [-0.2, -0.15) is 0 Å². The van der Waals surface area contributed by atoms with Crippen molar-refractivity contribution in [2.45, 2.75) is 38.8 Å². The molecule has 4 heteroatoms. The minimum atomic E-state index is -0.661. The number of amides is 1. The summed E-state index contributed by atoms with van der Waals surface area (Å²) in [6, 6.07) is 0.257. The lowest BCUT2D eigenvalue weighted by Gasteiger charge is -2.39. The van der Waals surface area contributed by atoms with Crippen molar-refractivity contribution in [3.8, 4) is 0 Å². The van der Waals surface area contributed by atoms with Crippen molar-refractivity contribution in [2.24, 2.45) is 0 Å². The second-order valence-electron chi connectivity index (χ2n) is 4.34. The van der Waals surface area contributed by atoms with Crippen LogP contribution in [0.3, 0.4) is 0 Å². The number of hydrogen-bond donors (Lipinski definition) is 1. The van der Waals surface area contributed by atoms with Crippen molar-refractivity contribution in [1.29, 1.82) is 0 Å². The Morgan fingerprint density at radius 1 is 1.67 bits per heavy atom. The van der Waals surface area contributed by atoms with Gasteiger partial charge < -0.3 is 15.0 Å². The lowest BCUT2D eigenvalue weighted by atomic mass is 9.99. The molecule has 15 heavy (non-hydrogen) atoms. The van der Waals surface area contributed by atoms with Gasteiger partial charge in [-0.05, 0) is 20.3 Å². The van der Waals surface area contributed by atoms with E-state index in [4.69, 9.17) is 4.74 Å². The number of nitrogens with one attached hydrogen (secondary N) is 1. The number of hydrogen-bond acceptors (Lipinski definition) is 3. The van der Waals surface area contributed by atoms with Gasteiger partial charge in [0.1, 0.15) is 5.60 Å². The molecule has 1 amide bonds. The van der Waals surface area contributed by atoms with Crippen LogP contribution in [0, 0.1) is 0 Å². The van der Waals surface area contributed by atoms with E-state index in [0.717, 1.165) is 19.6 Å². The van der Waals surface area contributed by atoms with Crippen LogP contribution in [0.2, 0.25) is 0 Å². The van der Waals surface area contributed by atoms with Crippen LogP contribution in [0.15, 0.2) is 0 Å². The summed E-state index contributed by atoms with van der Waals surface area (Å²) < 4.78 is 5.34. The number of methoxy groups -OCH3 is 1. The lowest BCUT2D eigenvalue weighted by molar-refractivity contribution is -0.156. The molecule has 1 fully saturated rings. The largest absolute Gasteiger partial charge is 0.369 e. The molecule has 1 aliphatic heterocycles. The summed E-state index contributed by atoms with van der Waals surface area (Å²) in [5.74, 6) is 0.113. The Labute approximate surface area is 92.0 Å². The maximum absolute atomic E-state index is 12.3. The Kier molecular flexibility index (Phi) is 4.11. The molecular formula is C11H22N2O2. The van der Waals surface area contributed by atoms with Crippen molar-refractivity contribution in [3.05, 3.63) is 0 Å². The summed E-state index contributed by atoms with van der Waals surface area (Å²) in [7, 11) is 1.61. The first kappa shape index (κ1) is 12.5. The van der Waals surface area contributed by atoms with E-state index < -0.39 is 5.60 Å². The third kappa shape index (κ3) is 2.49. The summed E-state index contributed by atoms with van der Waals surface area (Å²) in [4.78, 5) is 14.2. The van der Waals surface area contributed by atoms with E-state index in [0.29, 0.717) is 6.42 Å². The van der Waals surface area contributed by atoms with Crippen molar-refractivity contribution in [3.63, 3.8) is 0 Å². The normalized spacial score (nSPS) is 26.1. The molecule has 0 spiro atoms. The van der Waals surface area contributed by atoms with Crippen LogP contribution in [0.25, 0.3) is 0 Å². The van der Waals surface area contributed by atoms with Crippen LogP contribution in [0.1, 0.15) is 27.2 Å². The molecule has 0 aromatic carbocycles. The van der Waals surface area contributed by atoms with E-state index in [9.17, 15) is 4.79 Å². The molecule has 1 saturated heterocycles. The standard InChI is InChI=1S/C11H22N2O2/c1-5-11(3,15-4)10(14)13-7-6-12-8-9(13)2/h9,12H,5-8H2,1-4H3. The van der Waals surface area contributed by atoms with Crippen molar-refractivity contribution in [1.82, 2.24) is 10.2 Å². The van der Waals surface area contributed by atoms with Gasteiger partial charge in [0.15, 0.2) is 0 Å². The molecular weight excluding hydrogens is 192 g/mol. The minimum Gasteiger partial charge on any atom is -0.369 e. The second kappa shape index (κ2) is 4.94. The average Bonchev–Trinajstić information content (AvgIpc) is 2.28. The first-order valence-electron chi connectivity index (χ1n) is 5.62. The zero-order chi connectivity index (χ0) is 11.5. The fourth-order valence-corrected chi connectivity index (χ4v) is 1.83. The molecule has 0 radical (unpaired) electrons. The third-order valence-corrected chi connectivity index (χ3v) is 3.34. The van der Waals surface area contributed by atoms with Gasteiger partial charge >= 0.3 is 0 Å². The second-order valence-corrected chi connectivity index (χ2v) is 4.34. The number of ether oxygens (including phenoxy) is 1. The number of nitrogens with zero attached hydrogens (tertiary/aromatic N) is 1. The lowest BCUT2D eigenvalue weighted by Crippen LogP contribution is -2.58. The Morgan fingerprint density at radius 2 is 2.33 bits per heavy atom. The Balaban J connectivity index is 2.73. The molecule has 1 rings (SSSR count). The maximum Gasteiger partial charge on any atom is 0.254 e. The quantitative estimate of drug-likeness (QED) is 0.749. The van der Waals surface area contributed by atoms with E-state index in [-0.39, 0.29) is 11.9 Å². The van der Waals surface area contributed by atoms with Crippen LogP contribution >= 0.6 is 0 Å². The number of carbonyl (C=O) groups excluding carboxylic acids is 1. The van der Waals surface area contributed by atoms with E-state index in [1.807, 2.05) is 18.7 Å². The molecule has 2 atom stereocenters. The maximum atomic E-state index is 12.3. The van der Waals surface area contributed by atoms with Crippen LogP contribution in [-0.2, 0) is 9.53 Å². The van der Waals surface area contributed by atoms with Crippen molar-refractivity contribution < 1.29 is 9.53 Å². The summed E-state index contributed by atoms with van der Waals surface area (Å²) in [5.41, 5.74) is -0.661. The van der Waals surface area contributed by atoms with Crippen LogP contribution in [0.4, 0.5) is 0 Å². The smallest absolute Gasteiger partial charge is 0.254 e. The molecule has 1 heterocycles. The van der Waals surface area contributed by atoms with Gasteiger partial charge in [0.05, 0.1) is 0 Å². The summed E-state index contributed by atoms with van der Waals surface area (Å²) in [6.45, 7) is 8.43. The summed E-state index contributed by atoms with van der Waals surface area (Å²) in [5, 5.41) is 3.27. The van der Waals surface area contributed by atoms with Gasteiger partial charge in [-0.3, -0.25) is 4.79 Å². The molecule has 2 unspecified atom stereocenters. The zero-order valence-corrected chi connectivity index (χ0v) is 10.2. The predicted molar refractivity (Wildman–Crippen MR) is 59.7 cm³/mol. The average molecular weight is 214 g/mol. The van der Waals surface area contributed by atoms with Gasteiger partial charge in [0.2, 0.25) is 0 Å². The molecule has 4 nitrogen and oxygen atoms in total. The van der Waals surface area contributed by atoms with E-state index in [1.165, 1.54) is 0 Å². The van der Waals surface area contributed by atoms with Gasteiger partial charge in [0.25, 0.3) is 5.91 Å². The third-order valence-electron chi connectivity index (χ3n) is 3.34. The zero-order valence-electron chi connectivity index (χ0n) is 10.2. The molecule has 0 saturated carbocycles. The molecule has 0 aromatic heterocycles. The van der Waals surface area contributed by atoms with Crippen LogP contribution in [-0.4, -0.2) is 49.2 Å². The number of rotatable bonds is 3. The Hall–Kier alpha value is -0.610. The van der Waals surface area contributed by atoms with Crippen molar-refractivity contribution >= 4 is 5.91 Å². The highest BCUT2D eigenvalue weighted by atomic mass is 16.5. The molecule has 0 aromatic rings. The first-order valence-corrected chi connectivity index (χ1v) is 5.62. The van der Waals surface area contributed by atoms with Crippen molar-refractivity contribution in [2.75, 3.05) is 26.7 Å². The first-order chi connectivity index (χ1) is 7.05. The van der Waals surface area contributed by atoms with Crippen LogP contribution in [0.5, 0.6) is 0 Å².